The lowest BCUT2D eigenvalue weighted by atomic mass is 9.77. The van der Waals surface area contributed by atoms with Gasteiger partial charge in [0.25, 0.3) is 0 Å². The summed E-state index contributed by atoms with van der Waals surface area (Å²) in [6, 6.07) is -0.537. The van der Waals surface area contributed by atoms with Crippen molar-refractivity contribution in [2.75, 3.05) is 26.8 Å². The fourth-order valence-electron chi connectivity index (χ4n) is 3.37. The van der Waals surface area contributed by atoms with Crippen molar-refractivity contribution in [1.29, 1.82) is 0 Å². The molecule has 4 atom stereocenters. The molecule has 1 saturated heterocycles. The maximum Gasteiger partial charge on any atom is 0.217 e. The molecule has 0 spiro atoms. The Balaban J connectivity index is 2.10. The SMILES string of the molecule is CCN1CCO[C@]2(OC)C1=CC(=O)[C@@H]1N=N[C@H](C)[C@@H]12. The number of nitrogens with zero attached hydrogens (tertiary/aromatic N) is 3. The van der Waals surface area contributed by atoms with E-state index in [-0.39, 0.29) is 17.7 Å². The monoisotopic (exact) mass is 265 g/mol. The van der Waals surface area contributed by atoms with E-state index >= 15 is 0 Å². The molecule has 6 nitrogen and oxygen atoms in total. The Bertz CT molecular complexity index is 462. The van der Waals surface area contributed by atoms with Crippen molar-refractivity contribution in [2.45, 2.75) is 31.7 Å². The van der Waals surface area contributed by atoms with Gasteiger partial charge in [0.2, 0.25) is 5.79 Å². The molecule has 0 bridgehead atoms. The van der Waals surface area contributed by atoms with E-state index in [1.54, 1.807) is 13.2 Å². The number of azo groups is 1. The average Bonchev–Trinajstić information content (AvgIpc) is 2.82. The normalized spacial score (nSPS) is 41.0. The van der Waals surface area contributed by atoms with Crippen LogP contribution in [0.25, 0.3) is 0 Å². The highest BCUT2D eigenvalue weighted by atomic mass is 16.7. The van der Waals surface area contributed by atoms with E-state index in [1.165, 1.54) is 0 Å². The lowest BCUT2D eigenvalue weighted by Gasteiger charge is -2.50. The van der Waals surface area contributed by atoms with Crippen LogP contribution in [0.1, 0.15) is 13.8 Å². The third kappa shape index (κ3) is 1.59. The Morgan fingerprint density at radius 1 is 1.58 bits per heavy atom. The third-order valence-electron chi connectivity index (χ3n) is 4.30. The topological polar surface area (TPSA) is 63.5 Å². The molecule has 0 radical (unpaired) electrons. The largest absolute Gasteiger partial charge is 0.368 e. The maximum absolute atomic E-state index is 12.2. The summed E-state index contributed by atoms with van der Waals surface area (Å²) in [5.41, 5.74) is 0.828. The average molecular weight is 265 g/mol. The number of likely N-dealkylation sites (N-methyl/N-ethyl adjacent to an activating group) is 1. The molecular weight excluding hydrogens is 246 g/mol. The van der Waals surface area contributed by atoms with Gasteiger partial charge in [0.15, 0.2) is 5.78 Å². The fourth-order valence-corrected chi connectivity index (χ4v) is 3.37. The van der Waals surface area contributed by atoms with Gasteiger partial charge in [0.1, 0.15) is 6.04 Å². The van der Waals surface area contributed by atoms with Gasteiger partial charge in [-0.15, -0.1) is 0 Å². The van der Waals surface area contributed by atoms with Crippen molar-refractivity contribution in [1.82, 2.24) is 4.90 Å². The van der Waals surface area contributed by atoms with Crippen LogP contribution in [0.2, 0.25) is 0 Å². The smallest absolute Gasteiger partial charge is 0.217 e. The molecule has 1 fully saturated rings. The number of carbonyl (C=O) groups is 1. The lowest BCUT2D eigenvalue weighted by molar-refractivity contribution is -0.260. The Kier molecular flexibility index (Phi) is 2.94. The molecule has 0 amide bonds. The van der Waals surface area contributed by atoms with Gasteiger partial charge >= 0.3 is 0 Å². The summed E-state index contributed by atoms with van der Waals surface area (Å²) in [6.45, 7) is 6.22. The van der Waals surface area contributed by atoms with Crippen molar-refractivity contribution in [3.05, 3.63) is 11.8 Å². The quantitative estimate of drug-likeness (QED) is 0.747. The predicted molar refractivity (Wildman–Crippen MR) is 67.6 cm³/mol. The van der Waals surface area contributed by atoms with Gasteiger partial charge in [-0.3, -0.25) is 4.79 Å². The van der Waals surface area contributed by atoms with Gasteiger partial charge in [0, 0.05) is 26.3 Å². The van der Waals surface area contributed by atoms with Gasteiger partial charge in [-0.05, 0) is 13.8 Å². The summed E-state index contributed by atoms with van der Waals surface area (Å²) < 4.78 is 11.7. The Labute approximate surface area is 112 Å². The molecule has 0 N–H and O–H groups in total. The minimum absolute atomic E-state index is 0.00438. The van der Waals surface area contributed by atoms with E-state index in [9.17, 15) is 4.79 Å². The second-order valence-electron chi connectivity index (χ2n) is 5.17. The van der Waals surface area contributed by atoms with E-state index in [4.69, 9.17) is 9.47 Å². The van der Waals surface area contributed by atoms with E-state index in [2.05, 4.69) is 22.1 Å². The van der Waals surface area contributed by atoms with Gasteiger partial charge in [-0.2, -0.15) is 10.2 Å². The molecular formula is C13H19N3O3. The summed E-state index contributed by atoms with van der Waals surface area (Å²) in [4.78, 5) is 14.4. The summed E-state index contributed by atoms with van der Waals surface area (Å²) in [5.74, 6) is -1.04. The van der Waals surface area contributed by atoms with Crippen LogP contribution in [0.4, 0.5) is 0 Å². The number of rotatable bonds is 2. The minimum Gasteiger partial charge on any atom is -0.368 e. The zero-order valence-corrected chi connectivity index (χ0v) is 11.5. The molecule has 0 unspecified atom stereocenters. The molecule has 1 aliphatic carbocycles. The number of ether oxygens (including phenoxy) is 2. The standard InChI is InChI=1S/C13H19N3O3/c1-4-16-5-6-19-13(18-3)10(16)7-9(17)12-11(13)8(2)14-15-12/h7-8,11-12H,4-6H2,1-3H3/t8-,11+,12+,13-/m1/s1. The Hall–Kier alpha value is -1.27. The van der Waals surface area contributed by atoms with Crippen LogP contribution in [0.15, 0.2) is 22.0 Å². The lowest BCUT2D eigenvalue weighted by Crippen LogP contribution is -2.62. The maximum atomic E-state index is 12.2. The zero-order chi connectivity index (χ0) is 13.6. The first-order valence-corrected chi connectivity index (χ1v) is 6.74. The van der Waals surface area contributed by atoms with E-state index < -0.39 is 11.8 Å². The molecule has 3 aliphatic rings. The summed E-state index contributed by atoms with van der Waals surface area (Å²) in [7, 11) is 1.63. The highest BCUT2D eigenvalue weighted by Crippen LogP contribution is 2.46. The molecule has 0 aromatic rings. The number of hydrogen-bond acceptors (Lipinski definition) is 6. The highest BCUT2D eigenvalue weighted by Gasteiger charge is 2.59. The first-order chi connectivity index (χ1) is 9.14. The van der Waals surface area contributed by atoms with E-state index in [0.29, 0.717) is 6.61 Å². The molecule has 104 valence electrons. The Morgan fingerprint density at radius 3 is 3.05 bits per heavy atom. The number of hydrogen-bond donors (Lipinski definition) is 0. The van der Waals surface area contributed by atoms with Crippen molar-refractivity contribution in [2.24, 2.45) is 16.1 Å². The van der Waals surface area contributed by atoms with Crippen LogP contribution in [0, 0.1) is 5.92 Å². The number of ketones is 1. The fraction of sp³-hybridized carbons (Fsp3) is 0.769. The first kappa shape index (κ1) is 12.7. The second kappa shape index (κ2) is 4.38. The predicted octanol–water partition coefficient (Wildman–Crippen LogP) is 0.987. The first-order valence-electron chi connectivity index (χ1n) is 6.74. The van der Waals surface area contributed by atoms with Gasteiger partial charge in [-0.1, -0.05) is 0 Å². The van der Waals surface area contributed by atoms with Crippen molar-refractivity contribution in [3.8, 4) is 0 Å². The molecule has 2 aliphatic heterocycles. The van der Waals surface area contributed by atoms with Gasteiger partial charge < -0.3 is 14.4 Å². The summed E-state index contributed by atoms with van der Waals surface area (Å²) in [6.07, 6.45) is 1.63. The van der Waals surface area contributed by atoms with Crippen LogP contribution in [0.5, 0.6) is 0 Å². The minimum atomic E-state index is -0.879. The number of methoxy groups -OCH3 is 1. The van der Waals surface area contributed by atoms with Crippen molar-refractivity contribution >= 4 is 5.78 Å². The van der Waals surface area contributed by atoms with Gasteiger partial charge in [0.05, 0.1) is 24.3 Å². The molecule has 0 aromatic carbocycles. The van der Waals surface area contributed by atoms with Crippen LogP contribution in [-0.2, 0) is 14.3 Å². The van der Waals surface area contributed by atoms with Crippen LogP contribution >= 0.6 is 0 Å². The molecule has 6 heteroatoms. The molecule has 19 heavy (non-hydrogen) atoms. The number of carbonyl (C=O) groups excluding carboxylic acids is 1. The second-order valence-corrected chi connectivity index (χ2v) is 5.17. The van der Waals surface area contributed by atoms with Crippen molar-refractivity contribution < 1.29 is 14.3 Å². The van der Waals surface area contributed by atoms with Crippen molar-refractivity contribution in [3.63, 3.8) is 0 Å². The molecule has 0 aromatic heterocycles. The van der Waals surface area contributed by atoms with E-state index in [0.717, 1.165) is 18.8 Å². The third-order valence-corrected chi connectivity index (χ3v) is 4.30. The molecule has 3 rings (SSSR count). The van der Waals surface area contributed by atoms with Gasteiger partial charge in [-0.25, -0.2) is 0 Å². The van der Waals surface area contributed by atoms with Crippen LogP contribution < -0.4 is 0 Å². The van der Waals surface area contributed by atoms with Crippen LogP contribution in [0.3, 0.4) is 0 Å². The van der Waals surface area contributed by atoms with E-state index in [1.807, 2.05) is 6.92 Å². The number of fused-ring (bicyclic) bond motifs is 3. The number of morpholine rings is 1. The zero-order valence-electron chi connectivity index (χ0n) is 11.5. The summed E-state index contributed by atoms with van der Waals surface area (Å²) in [5, 5.41) is 8.27. The molecule has 2 heterocycles. The Morgan fingerprint density at radius 2 is 2.37 bits per heavy atom. The summed E-state index contributed by atoms with van der Waals surface area (Å²) >= 11 is 0. The molecule has 0 saturated carbocycles. The highest BCUT2D eigenvalue weighted by molar-refractivity contribution is 5.97. The van der Waals surface area contributed by atoms with Crippen LogP contribution in [-0.4, -0.2) is 55.4 Å².